The van der Waals surface area contributed by atoms with Gasteiger partial charge in [0.25, 0.3) is 0 Å². The van der Waals surface area contributed by atoms with Crippen LogP contribution in [-0.4, -0.2) is 62.0 Å². The molecule has 1 atom stereocenters. The summed E-state index contributed by atoms with van der Waals surface area (Å²) in [6, 6.07) is 0.479. The Morgan fingerprint density at radius 1 is 1.39 bits per heavy atom. The summed E-state index contributed by atoms with van der Waals surface area (Å²) in [5.74, 6) is 1.64. The van der Waals surface area contributed by atoms with Gasteiger partial charge in [-0.2, -0.15) is 0 Å². The number of rotatable bonds is 5. The fraction of sp³-hybridized carbons (Fsp3) is 0.733. The molecule has 0 aliphatic carbocycles. The average molecular weight is 437 g/mol. The summed E-state index contributed by atoms with van der Waals surface area (Å²) in [5, 5.41) is 10.6. The SMILES string of the molecule is CN=C(NCCN1CCOCC1C)NCc1c(C)noc1C.I. The maximum absolute atomic E-state index is 5.45. The summed E-state index contributed by atoms with van der Waals surface area (Å²) >= 11 is 0. The van der Waals surface area contributed by atoms with Crippen molar-refractivity contribution in [2.45, 2.75) is 33.4 Å². The van der Waals surface area contributed by atoms with Gasteiger partial charge >= 0.3 is 0 Å². The fourth-order valence-electron chi connectivity index (χ4n) is 2.56. The lowest BCUT2D eigenvalue weighted by molar-refractivity contribution is 0.000879. The van der Waals surface area contributed by atoms with Gasteiger partial charge in [0.2, 0.25) is 0 Å². The van der Waals surface area contributed by atoms with Crippen LogP contribution in [0.25, 0.3) is 0 Å². The van der Waals surface area contributed by atoms with Gasteiger partial charge in [0.05, 0.1) is 18.9 Å². The van der Waals surface area contributed by atoms with E-state index in [-0.39, 0.29) is 24.0 Å². The van der Waals surface area contributed by atoms with Crippen LogP contribution in [0.1, 0.15) is 23.9 Å². The molecule has 1 fully saturated rings. The average Bonchev–Trinajstić information content (AvgIpc) is 2.83. The number of nitrogens with one attached hydrogen (secondary N) is 2. The van der Waals surface area contributed by atoms with Crippen molar-refractivity contribution < 1.29 is 9.26 Å². The van der Waals surface area contributed by atoms with Gasteiger partial charge < -0.3 is 19.9 Å². The molecule has 1 unspecified atom stereocenters. The molecule has 0 bridgehead atoms. The van der Waals surface area contributed by atoms with Crippen LogP contribution in [0, 0.1) is 13.8 Å². The maximum Gasteiger partial charge on any atom is 0.191 e. The Bertz CT molecular complexity index is 487. The Balaban J connectivity index is 0.00000264. The van der Waals surface area contributed by atoms with E-state index in [1.54, 1.807) is 7.05 Å². The molecule has 1 aromatic heterocycles. The molecule has 0 radical (unpaired) electrons. The number of hydrogen-bond donors (Lipinski definition) is 2. The summed E-state index contributed by atoms with van der Waals surface area (Å²) in [6.45, 7) is 11.2. The number of hydrogen-bond acceptors (Lipinski definition) is 5. The van der Waals surface area contributed by atoms with Gasteiger partial charge in [0.1, 0.15) is 5.76 Å². The smallest absolute Gasteiger partial charge is 0.191 e. The minimum atomic E-state index is 0. The number of nitrogens with zero attached hydrogens (tertiary/aromatic N) is 3. The summed E-state index contributed by atoms with van der Waals surface area (Å²) in [6.07, 6.45) is 0. The highest BCUT2D eigenvalue weighted by Crippen LogP contribution is 2.11. The van der Waals surface area contributed by atoms with Gasteiger partial charge in [-0.05, 0) is 20.8 Å². The third kappa shape index (κ3) is 5.92. The minimum Gasteiger partial charge on any atom is -0.379 e. The van der Waals surface area contributed by atoms with Gasteiger partial charge in [0, 0.05) is 44.8 Å². The van der Waals surface area contributed by atoms with Crippen molar-refractivity contribution in [3.05, 3.63) is 17.0 Å². The van der Waals surface area contributed by atoms with Crippen LogP contribution in [0.2, 0.25) is 0 Å². The molecule has 8 heteroatoms. The Kier molecular flexibility index (Phi) is 8.85. The van der Waals surface area contributed by atoms with E-state index >= 15 is 0 Å². The van der Waals surface area contributed by atoms with Crippen molar-refractivity contribution in [2.24, 2.45) is 4.99 Å². The molecule has 0 aromatic carbocycles. The van der Waals surface area contributed by atoms with Crippen LogP contribution in [0.15, 0.2) is 9.52 Å². The van der Waals surface area contributed by atoms with Crippen molar-refractivity contribution in [2.75, 3.05) is 39.9 Å². The molecule has 2 N–H and O–H groups in total. The van der Waals surface area contributed by atoms with Gasteiger partial charge in [-0.15, -0.1) is 24.0 Å². The topological polar surface area (TPSA) is 74.9 Å². The predicted molar refractivity (Wildman–Crippen MR) is 101 cm³/mol. The monoisotopic (exact) mass is 437 g/mol. The second-order valence-corrected chi connectivity index (χ2v) is 5.62. The van der Waals surface area contributed by atoms with Gasteiger partial charge in [0.15, 0.2) is 5.96 Å². The first-order valence-corrected chi connectivity index (χ1v) is 7.80. The van der Waals surface area contributed by atoms with E-state index in [1.165, 1.54) is 0 Å². The first-order chi connectivity index (χ1) is 10.6. The zero-order valence-electron chi connectivity index (χ0n) is 14.4. The number of halogens is 1. The van der Waals surface area contributed by atoms with Crippen LogP contribution in [0.4, 0.5) is 0 Å². The molecule has 1 aromatic rings. The van der Waals surface area contributed by atoms with Crippen molar-refractivity contribution in [1.82, 2.24) is 20.7 Å². The highest BCUT2D eigenvalue weighted by Gasteiger charge is 2.18. The molecule has 2 heterocycles. The molecule has 1 saturated heterocycles. The van der Waals surface area contributed by atoms with Gasteiger partial charge in [-0.3, -0.25) is 9.89 Å². The zero-order valence-corrected chi connectivity index (χ0v) is 16.7. The number of aliphatic imine (C=N–C) groups is 1. The molecule has 2 rings (SSSR count). The largest absolute Gasteiger partial charge is 0.379 e. The molecule has 132 valence electrons. The Hall–Kier alpha value is -0.870. The highest BCUT2D eigenvalue weighted by molar-refractivity contribution is 14.0. The zero-order chi connectivity index (χ0) is 15.9. The Labute approximate surface area is 155 Å². The molecule has 0 amide bonds. The van der Waals surface area contributed by atoms with Crippen LogP contribution in [0.3, 0.4) is 0 Å². The predicted octanol–water partition coefficient (Wildman–Crippen LogP) is 1.30. The second-order valence-electron chi connectivity index (χ2n) is 5.62. The molecule has 1 aliphatic heterocycles. The minimum absolute atomic E-state index is 0. The third-order valence-electron chi connectivity index (χ3n) is 4.03. The van der Waals surface area contributed by atoms with E-state index < -0.39 is 0 Å². The summed E-state index contributed by atoms with van der Waals surface area (Å²) in [5.41, 5.74) is 2.01. The van der Waals surface area contributed by atoms with E-state index in [2.05, 4.69) is 32.6 Å². The number of morpholine rings is 1. The lowest BCUT2D eigenvalue weighted by atomic mass is 10.2. The van der Waals surface area contributed by atoms with E-state index in [9.17, 15) is 0 Å². The first kappa shape index (κ1) is 20.2. The molecule has 23 heavy (non-hydrogen) atoms. The number of guanidine groups is 1. The van der Waals surface area contributed by atoms with Crippen LogP contribution < -0.4 is 10.6 Å². The summed E-state index contributed by atoms with van der Waals surface area (Å²) in [4.78, 5) is 6.68. The Morgan fingerprint density at radius 2 is 2.17 bits per heavy atom. The van der Waals surface area contributed by atoms with Crippen molar-refractivity contribution >= 4 is 29.9 Å². The Morgan fingerprint density at radius 3 is 2.78 bits per heavy atom. The van der Waals surface area contributed by atoms with Crippen LogP contribution in [0.5, 0.6) is 0 Å². The fourth-order valence-corrected chi connectivity index (χ4v) is 2.56. The van der Waals surface area contributed by atoms with E-state index in [0.29, 0.717) is 12.6 Å². The lowest BCUT2D eigenvalue weighted by Gasteiger charge is -2.33. The van der Waals surface area contributed by atoms with Crippen molar-refractivity contribution in [3.63, 3.8) is 0 Å². The van der Waals surface area contributed by atoms with E-state index in [4.69, 9.17) is 9.26 Å². The molecular formula is C15H28IN5O2. The first-order valence-electron chi connectivity index (χ1n) is 7.80. The summed E-state index contributed by atoms with van der Waals surface area (Å²) < 4.78 is 10.6. The number of ether oxygens (including phenoxy) is 1. The van der Waals surface area contributed by atoms with Gasteiger partial charge in [-0.25, -0.2) is 0 Å². The molecule has 0 saturated carbocycles. The van der Waals surface area contributed by atoms with Crippen LogP contribution >= 0.6 is 24.0 Å². The number of aryl methyl sites for hydroxylation is 2. The standard InChI is InChI=1S/C15H27N5O2.HI/c1-11-10-21-8-7-20(11)6-5-17-15(16-4)18-9-14-12(2)19-22-13(14)3;/h11H,5-10H2,1-4H3,(H2,16,17,18);1H. The molecular weight excluding hydrogens is 409 g/mol. The molecule has 7 nitrogen and oxygen atoms in total. The summed E-state index contributed by atoms with van der Waals surface area (Å²) in [7, 11) is 1.78. The third-order valence-corrected chi connectivity index (χ3v) is 4.03. The molecule has 1 aliphatic rings. The quantitative estimate of drug-likeness (QED) is 0.411. The van der Waals surface area contributed by atoms with E-state index in [1.807, 2.05) is 13.8 Å². The second kappa shape index (κ2) is 10.1. The number of aromatic nitrogens is 1. The maximum atomic E-state index is 5.45. The van der Waals surface area contributed by atoms with Crippen LogP contribution in [-0.2, 0) is 11.3 Å². The normalized spacial score (nSPS) is 19.3. The van der Waals surface area contributed by atoms with Gasteiger partial charge in [-0.1, -0.05) is 5.16 Å². The highest BCUT2D eigenvalue weighted by atomic mass is 127. The van der Waals surface area contributed by atoms with E-state index in [0.717, 1.165) is 55.8 Å². The van der Waals surface area contributed by atoms with Crippen molar-refractivity contribution in [1.29, 1.82) is 0 Å². The van der Waals surface area contributed by atoms with Crippen molar-refractivity contribution in [3.8, 4) is 0 Å². The lowest BCUT2D eigenvalue weighted by Crippen LogP contribution is -2.48. The molecule has 0 spiro atoms.